The lowest BCUT2D eigenvalue weighted by Gasteiger charge is -2.08. The van der Waals surface area contributed by atoms with Crippen LogP contribution in [-0.4, -0.2) is 7.11 Å². The monoisotopic (exact) mass is 201 g/mol. The first-order valence-corrected chi connectivity index (χ1v) is 4.62. The highest BCUT2D eigenvalue weighted by Gasteiger charge is 2.10. The first-order chi connectivity index (χ1) is 7.33. The van der Waals surface area contributed by atoms with E-state index in [-0.39, 0.29) is 5.82 Å². The van der Waals surface area contributed by atoms with E-state index in [4.69, 9.17) is 4.74 Å². The predicted octanol–water partition coefficient (Wildman–Crippen LogP) is 3.30. The molecule has 0 spiro atoms. The van der Waals surface area contributed by atoms with Crippen LogP contribution in [0.2, 0.25) is 0 Å². The van der Waals surface area contributed by atoms with Crippen LogP contribution in [0.1, 0.15) is 0 Å². The van der Waals surface area contributed by atoms with Crippen molar-refractivity contribution >= 4 is 0 Å². The second-order valence-corrected chi connectivity index (χ2v) is 3.10. The molecular weight excluding hydrogens is 191 g/mol. The molecule has 0 fully saturated rings. The minimum absolute atomic E-state index is 0.388. The number of rotatable bonds is 2. The number of methoxy groups -OCH3 is 1. The van der Waals surface area contributed by atoms with Gasteiger partial charge in [-0.15, -0.1) is 0 Å². The Kier molecular flexibility index (Phi) is 2.68. The lowest BCUT2D eigenvalue weighted by Crippen LogP contribution is -1.91. The van der Waals surface area contributed by atoms with Crippen molar-refractivity contribution in [2.24, 2.45) is 0 Å². The molecule has 0 bridgehead atoms. The molecule has 1 nitrogen and oxygen atoms in total. The maximum atomic E-state index is 13.6. The molecule has 75 valence electrons. The molecule has 0 heterocycles. The van der Waals surface area contributed by atoms with Crippen LogP contribution in [0, 0.1) is 11.9 Å². The van der Waals surface area contributed by atoms with E-state index >= 15 is 0 Å². The van der Waals surface area contributed by atoms with Crippen molar-refractivity contribution in [3.63, 3.8) is 0 Å². The summed E-state index contributed by atoms with van der Waals surface area (Å²) in [6, 6.07) is 15.0. The minimum Gasteiger partial charge on any atom is -0.496 e. The highest BCUT2D eigenvalue weighted by molar-refractivity contribution is 5.70. The zero-order valence-corrected chi connectivity index (χ0v) is 8.33. The van der Waals surface area contributed by atoms with Crippen molar-refractivity contribution in [1.29, 1.82) is 0 Å². The molecule has 2 rings (SSSR count). The van der Waals surface area contributed by atoms with E-state index < -0.39 is 0 Å². The molecule has 0 unspecified atom stereocenters. The number of hydrogen-bond donors (Lipinski definition) is 0. The third-order valence-electron chi connectivity index (χ3n) is 2.19. The van der Waals surface area contributed by atoms with Gasteiger partial charge in [0.05, 0.1) is 12.7 Å². The molecule has 0 aliphatic carbocycles. The van der Waals surface area contributed by atoms with Crippen molar-refractivity contribution in [3.8, 4) is 16.9 Å². The summed E-state index contributed by atoms with van der Waals surface area (Å²) >= 11 is 0. The van der Waals surface area contributed by atoms with Crippen LogP contribution in [0.4, 0.5) is 4.39 Å². The maximum absolute atomic E-state index is 13.6. The van der Waals surface area contributed by atoms with Crippen LogP contribution in [0.15, 0.2) is 42.5 Å². The summed E-state index contributed by atoms with van der Waals surface area (Å²) in [5.74, 6) is 0.137. The smallest absolute Gasteiger partial charge is 0.142 e. The Morgan fingerprint density at radius 2 is 1.87 bits per heavy atom. The van der Waals surface area contributed by atoms with Crippen molar-refractivity contribution in [3.05, 3.63) is 54.3 Å². The summed E-state index contributed by atoms with van der Waals surface area (Å²) in [5.41, 5.74) is 1.25. The van der Waals surface area contributed by atoms with Crippen LogP contribution in [0.3, 0.4) is 0 Å². The van der Waals surface area contributed by atoms with Crippen LogP contribution in [-0.2, 0) is 0 Å². The van der Waals surface area contributed by atoms with E-state index in [1.807, 2.05) is 30.3 Å². The molecule has 0 aliphatic rings. The number of halogens is 1. The average molecular weight is 201 g/mol. The minimum atomic E-state index is -0.388. The molecule has 15 heavy (non-hydrogen) atoms. The third-order valence-corrected chi connectivity index (χ3v) is 2.19. The summed E-state index contributed by atoms with van der Waals surface area (Å²) in [7, 11) is 1.53. The normalized spacial score (nSPS) is 10.0. The predicted molar refractivity (Wildman–Crippen MR) is 57.2 cm³/mol. The van der Waals surface area contributed by atoms with Crippen molar-refractivity contribution in [1.82, 2.24) is 0 Å². The Morgan fingerprint density at radius 1 is 1.13 bits per heavy atom. The third kappa shape index (κ3) is 1.84. The van der Waals surface area contributed by atoms with Gasteiger partial charge in [0, 0.05) is 6.07 Å². The topological polar surface area (TPSA) is 9.23 Å². The van der Waals surface area contributed by atoms with Crippen molar-refractivity contribution in [2.45, 2.75) is 0 Å². The average Bonchev–Trinajstić information content (AvgIpc) is 2.29. The van der Waals surface area contributed by atoms with E-state index in [0.29, 0.717) is 11.3 Å². The first-order valence-electron chi connectivity index (χ1n) is 4.62. The molecule has 2 aromatic carbocycles. The Balaban J connectivity index is 2.61. The van der Waals surface area contributed by atoms with Gasteiger partial charge < -0.3 is 4.74 Å². The van der Waals surface area contributed by atoms with Gasteiger partial charge in [0.15, 0.2) is 0 Å². The summed E-state index contributed by atoms with van der Waals surface area (Å²) in [4.78, 5) is 0. The Bertz CT molecular complexity index is 451. The van der Waals surface area contributed by atoms with Crippen LogP contribution >= 0.6 is 0 Å². The molecule has 0 aromatic heterocycles. The highest BCUT2D eigenvalue weighted by atomic mass is 19.1. The fourth-order valence-electron chi connectivity index (χ4n) is 1.50. The van der Waals surface area contributed by atoms with E-state index in [9.17, 15) is 4.39 Å². The van der Waals surface area contributed by atoms with Gasteiger partial charge in [-0.25, -0.2) is 4.39 Å². The second-order valence-electron chi connectivity index (χ2n) is 3.10. The Labute approximate surface area is 88.1 Å². The molecule has 0 amide bonds. The van der Waals surface area contributed by atoms with Crippen LogP contribution in [0.25, 0.3) is 11.1 Å². The van der Waals surface area contributed by atoms with Gasteiger partial charge in [0.2, 0.25) is 0 Å². The van der Waals surface area contributed by atoms with Gasteiger partial charge in [-0.2, -0.15) is 0 Å². The molecule has 2 heteroatoms. The Hall–Kier alpha value is -1.83. The van der Waals surface area contributed by atoms with E-state index in [1.165, 1.54) is 13.2 Å². The fourth-order valence-corrected chi connectivity index (χ4v) is 1.50. The van der Waals surface area contributed by atoms with Gasteiger partial charge in [0.1, 0.15) is 11.6 Å². The molecule has 1 radical (unpaired) electrons. The van der Waals surface area contributed by atoms with E-state index in [1.54, 1.807) is 6.07 Å². The zero-order chi connectivity index (χ0) is 10.7. The number of hydrogen-bond acceptors (Lipinski definition) is 1. The first kappa shape index (κ1) is 9.71. The molecule has 0 atom stereocenters. The Morgan fingerprint density at radius 3 is 2.53 bits per heavy atom. The molecule has 0 aliphatic heterocycles. The van der Waals surface area contributed by atoms with Crippen LogP contribution in [0.5, 0.6) is 5.75 Å². The van der Waals surface area contributed by atoms with E-state index in [2.05, 4.69) is 6.07 Å². The van der Waals surface area contributed by atoms with Gasteiger partial charge >= 0.3 is 0 Å². The molecular formula is C13H10FO. The van der Waals surface area contributed by atoms with Crippen molar-refractivity contribution < 1.29 is 9.13 Å². The van der Waals surface area contributed by atoms with Gasteiger partial charge in [-0.3, -0.25) is 0 Å². The zero-order valence-electron chi connectivity index (χ0n) is 8.33. The SMILES string of the molecule is COc1cc[c]c(F)c1-c1ccccc1. The summed E-state index contributed by atoms with van der Waals surface area (Å²) in [6.07, 6.45) is 0. The number of ether oxygens (including phenoxy) is 1. The number of benzene rings is 2. The van der Waals surface area contributed by atoms with Gasteiger partial charge in [-0.05, 0) is 17.7 Å². The van der Waals surface area contributed by atoms with Gasteiger partial charge in [-0.1, -0.05) is 30.3 Å². The molecule has 2 aromatic rings. The van der Waals surface area contributed by atoms with Crippen molar-refractivity contribution in [2.75, 3.05) is 7.11 Å². The summed E-state index contributed by atoms with van der Waals surface area (Å²) in [5, 5.41) is 0. The maximum Gasteiger partial charge on any atom is 0.142 e. The second kappa shape index (κ2) is 4.13. The highest BCUT2D eigenvalue weighted by Crippen LogP contribution is 2.31. The van der Waals surface area contributed by atoms with Gasteiger partial charge in [0.25, 0.3) is 0 Å². The quantitative estimate of drug-likeness (QED) is 0.724. The van der Waals surface area contributed by atoms with E-state index in [0.717, 1.165) is 5.56 Å². The summed E-state index contributed by atoms with van der Waals surface area (Å²) < 4.78 is 18.7. The molecule has 0 N–H and O–H groups in total. The standard InChI is InChI=1S/C13H10FO/c1-15-12-9-5-8-11(14)13(12)10-6-3-2-4-7-10/h2-7,9H,1H3. The van der Waals surface area contributed by atoms with Crippen LogP contribution < -0.4 is 4.74 Å². The fraction of sp³-hybridized carbons (Fsp3) is 0.0769. The lowest BCUT2D eigenvalue weighted by molar-refractivity contribution is 0.413. The molecule has 0 saturated carbocycles. The summed E-state index contributed by atoms with van der Waals surface area (Å²) in [6.45, 7) is 0. The molecule has 0 saturated heterocycles. The largest absolute Gasteiger partial charge is 0.496 e. The lowest BCUT2D eigenvalue weighted by atomic mass is 10.0.